The van der Waals surface area contributed by atoms with E-state index in [1.54, 1.807) is 12.4 Å². The minimum Gasteiger partial charge on any atom is -0.281 e. The number of hydrogen-bond acceptors (Lipinski definition) is 3. The quantitative estimate of drug-likeness (QED) is 0.210. The number of fused-ring (bicyclic) bond motifs is 7. The van der Waals surface area contributed by atoms with Gasteiger partial charge in [0.2, 0.25) is 5.54 Å². The van der Waals surface area contributed by atoms with Crippen LogP contribution in [-0.2, 0) is 11.0 Å². The molecule has 0 fully saturated rings. The molecule has 220 valence electrons. The molecule has 1 N–H and O–H groups in total. The summed E-state index contributed by atoms with van der Waals surface area (Å²) in [5, 5.41) is 7.89. The SMILES string of the molecule is C[N+]1=C=[N+](C2(c3cccc(C4(c5ccn[nH]5)c5ccccc5-c5ccccc54)c3)c3ccccc3-c3ccccc32)c2nccnc21. The van der Waals surface area contributed by atoms with Gasteiger partial charge in [0, 0.05) is 27.9 Å². The minimum atomic E-state index is -0.772. The number of hydrogen-bond donors (Lipinski definition) is 1. The lowest BCUT2D eigenvalue weighted by molar-refractivity contribution is -0.520. The van der Waals surface area contributed by atoms with Gasteiger partial charge in [0.15, 0.2) is 6.20 Å². The van der Waals surface area contributed by atoms with Crippen LogP contribution >= 0.6 is 0 Å². The molecule has 6 heteroatoms. The van der Waals surface area contributed by atoms with Crippen LogP contribution in [0.15, 0.2) is 146 Å². The van der Waals surface area contributed by atoms with Crippen molar-refractivity contribution >= 4 is 17.6 Å². The lowest BCUT2D eigenvalue weighted by Crippen LogP contribution is -2.38. The third-order valence-corrected chi connectivity index (χ3v) is 10.3. The maximum absolute atomic E-state index is 4.91. The molecule has 2 aliphatic carbocycles. The summed E-state index contributed by atoms with van der Waals surface area (Å²) in [6.07, 6.45) is 5.37. The number of nitrogens with one attached hydrogen (secondary N) is 1. The molecule has 0 radical (unpaired) electrons. The maximum atomic E-state index is 4.91. The fourth-order valence-corrected chi connectivity index (χ4v) is 8.52. The first-order valence-corrected chi connectivity index (χ1v) is 15.8. The van der Waals surface area contributed by atoms with Gasteiger partial charge in [0.25, 0.3) is 0 Å². The van der Waals surface area contributed by atoms with Crippen molar-refractivity contribution in [1.29, 1.82) is 0 Å². The Morgan fingerprint density at radius 1 is 0.553 bits per heavy atom. The van der Waals surface area contributed by atoms with E-state index in [1.807, 2.05) is 17.8 Å². The molecule has 0 unspecified atom stereocenters. The molecule has 0 saturated carbocycles. The molecule has 0 spiro atoms. The molecule has 0 bridgehead atoms. The summed E-state index contributed by atoms with van der Waals surface area (Å²) in [4.78, 5) is 9.63. The molecule has 0 amide bonds. The lowest BCUT2D eigenvalue weighted by atomic mass is 9.68. The fourth-order valence-electron chi connectivity index (χ4n) is 8.52. The Morgan fingerprint density at radius 2 is 1.09 bits per heavy atom. The fraction of sp³-hybridized carbons (Fsp3) is 0.0732. The largest absolute Gasteiger partial charge is 0.474 e. The molecule has 2 aromatic heterocycles. The highest BCUT2D eigenvalue weighted by Crippen LogP contribution is 2.58. The van der Waals surface area contributed by atoms with Crippen LogP contribution in [0.1, 0.15) is 39.1 Å². The monoisotopic (exact) mass is 604 g/mol. The summed E-state index contributed by atoms with van der Waals surface area (Å²) in [6.45, 7) is 0. The molecule has 5 aromatic carbocycles. The minimum absolute atomic E-state index is 0.606. The van der Waals surface area contributed by atoms with E-state index in [0.29, 0.717) is 0 Å². The Hall–Kier alpha value is -6.23. The number of rotatable bonds is 4. The van der Waals surface area contributed by atoms with E-state index in [4.69, 9.17) is 9.97 Å². The van der Waals surface area contributed by atoms with Crippen molar-refractivity contribution in [1.82, 2.24) is 20.2 Å². The van der Waals surface area contributed by atoms with E-state index in [0.717, 1.165) is 28.5 Å². The van der Waals surface area contributed by atoms with E-state index in [9.17, 15) is 0 Å². The van der Waals surface area contributed by atoms with Gasteiger partial charge in [-0.3, -0.25) is 5.10 Å². The summed E-state index contributed by atoms with van der Waals surface area (Å²) in [7, 11) is 1.99. The standard InChI is InChI=1S/C41H28N6/c1-46-26-47(39-38(46)42-23-24-43-39)41(35-19-8-4-15-31(35)32-16-5-9-20-36(32)41)28-12-10-11-27(25-28)40(37-21-22-44-45-37)33-17-6-2-13-29(33)30-14-3-7-18-34(30)40/h2-25H,1H3,(H,44,45)/q+2. The first-order chi connectivity index (χ1) is 23.2. The lowest BCUT2D eigenvalue weighted by Gasteiger charge is -2.34. The average molecular weight is 605 g/mol. The third kappa shape index (κ3) is 3.17. The smallest absolute Gasteiger partial charge is 0.281 e. The summed E-state index contributed by atoms with van der Waals surface area (Å²) < 4.78 is 4.16. The number of aromatic nitrogens is 4. The molecule has 3 heterocycles. The molecule has 47 heavy (non-hydrogen) atoms. The zero-order valence-electron chi connectivity index (χ0n) is 25.6. The predicted molar refractivity (Wildman–Crippen MR) is 180 cm³/mol. The molecular formula is C41H28N6+2. The maximum Gasteiger partial charge on any atom is 0.474 e. The van der Waals surface area contributed by atoms with E-state index < -0.39 is 11.0 Å². The second-order valence-corrected chi connectivity index (χ2v) is 12.4. The highest BCUT2D eigenvalue weighted by molar-refractivity contribution is 5.87. The number of benzene rings is 5. The Kier molecular flexibility index (Phi) is 5.20. The molecular weight excluding hydrogens is 576 g/mol. The summed E-state index contributed by atoms with van der Waals surface area (Å²) in [6, 6.07) is 49.9. The molecule has 7 aromatic rings. The number of H-pyrrole nitrogens is 1. The van der Waals surface area contributed by atoms with Crippen molar-refractivity contribution in [2.24, 2.45) is 0 Å². The second-order valence-electron chi connectivity index (χ2n) is 12.4. The molecule has 10 rings (SSSR count). The highest BCUT2D eigenvalue weighted by Gasteiger charge is 2.58. The number of nitrogens with zero attached hydrogens (tertiary/aromatic N) is 5. The van der Waals surface area contributed by atoms with E-state index >= 15 is 0 Å². The van der Waals surface area contributed by atoms with Crippen LogP contribution < -0.4 is 0 Å². The Labute approximate surface area is 271 Å². The van der Waals surface area contributed by atoms with E-state index in [-0.39, 0.29) is 0 Å². The van der Waals surface area contributed by atoms with Crippen LogP contribution in [0.4, 0.5) is 11.6 Å². The van der Waals surface area contributed by atoms with Gasteiger partial charge in [-0.1, -0.05) is 115 Å². The molecule has 6 nitrogen and oxygen atoms in total. The van der Waals surface area contributed by atoms with Gasteiger partial charge >= 0.3 is 17.6 Å². The average Bonchev–Trinajstić information content (AvgIpc) is 3.91. The summed E-state index contributed by atoms with van der Waals surface area (Å²) in [5.74, 6) is 1.55. The molecule has 3 aliphatic rings. The van der Waals surface area contributed by atoms with Gasteiger partial charge in [0.05, 0.1) is 17.3 Å². The first-order valence-electron chi connectivity index (χ1n) is 15.8. The van der Waals surface area contributed by atoms with Gasteiger partial charge < -0.3 is 0 Å². The van der Waals surface area contributed by atoms with Crippen LogP contribution in [0.5, 0.6) is 0 Å². The van der Waals surface area contributed by atoms with Gasteiger partial charge in [0.1, 0.15) is 7.05 Å². The van der Waals surface area contributed by atoms with Gasteiger partial charge in [-0.15, -0.1) is 9.15 Å². The van der Waals surface area contributed by atoms with Crippen LogP contribution in [0.25, 0.3) is 22.3 Å². The normalized spacial score (nSPS) is 15.6. The van der Waals surface area contributed by atoms with Gasteiger partial charge in [-0.05, 0) is 51.1 Å². The first kappa shape index (κ1) is 26.0. The van der Waals surface area contributed by atoms with Crippen molar-refractivity contribution in [3.63, 3.8) is 0 Å². The number of aromatic amines is 1. The van der Waals surface area contributed by atoms with Gasteiger partial charge in [-0.25, -0.2) is 0 Å². The Morgan fingerprint density at radius 3 is 1.68 bits per heavy atom. The predicted octanol–water partition coefficient (Wildman–Crippen LogP) is 7.64. The van der Waals surface area contributed by atoms with E-state index in [2.05, 4.69) is 148 Å². The summed E-state index contributed by atoms with van der Waals surface area (Å²) in [5.41, 5.74) is 11.6. The van der Waals surface area contributed by atoms with Crippen LogP contribution in [-0.4, -0.2) is 42.4 Å². The van der Waals surface area contributed by atoms with Crippen molar-refractivity contribution in [2.45, 2.75) is 11.0 Å². The molecule has 1 aliphatic heterocycles. The van der Waals surface area contributed by atoms with Crippen LogP contribution in [0.3, 0.4) is 0 Å². The van der Waals surface area contributed by atoms with Crippen LogP contribution in [0.2, 0.25) is 0 Å². The third-order valence-electron chi connectivity index (χ3n) is 10.3. The van der Waals surface area contributed by atoms with E-state index in [1.165, 1.54) is 44.5 Å². The highest BCUT2D eigenvalue weighted by atomic mass is 15.3. The van der Waals surface area contributed by atoms with Crippen LogP contribution in [0, 0.1) is 0 Å². The van der Waals surface area contributed by atoms with Crippen molar-refractivity contribution < 1.29 is 9.15 Å². The van der Waals surface area contributed by atoms with Crippen molar-refractivity contribution in [3.8, 4) is 22.3 Å². The van der Waals surface area contributed by atoms with Crippen molar-refractivity contribution in [2.75, 3.05) is 7.05 Å². The topological polar surface area (TPSA) is 60.5 Å². The summed E-state index contributed by atoms with van der Waals surface area (Å²) >= 11 is 0. The zero-order valence-corrected chi connectivity index (χ0v) is 25.6. The molecule has 0 saturated heterocycles. The second kappa shape index (κ2) is 9.39. The Balaban J connectivity index is 1.34. The molecule has 0 atom stereocenters. The van der Waals surface area contributed by atoms with Crippen molar-refractivity contribution in [3.05, 3.63) is 185 Å². The Bertz CT molecular complexity index is 2390. The zero-order chi connectivity index (χ0) is 31.2. The van der Waals surface area contributed by atoms with Gasteiger partial charge in [-0.2, -0.15) is 10.1 Å².